The van der Waals surface area contributed by atoms with Crippen LogP contribution in [0.1, 0.15) is 49.8 Å². The van der Waals surface area contributed by atoms with E-state index in [9.17, 15) is 14.4 Å². The van der Waals surface area contributed by atoms with Gasteiger partial charge in [-0.3, -0.25) is 14.4 Å². The number of esters is 1. The predicted molar refractivity (Wildman–Crippen MR) is 132 cm³/mol. The maximum atomic E-state index is 13.4. The summed E-state index contributed by atoms with van der Waals surface area (Å²) in [6.07, 6.45) is 4.43. The van der Waals surface area contributed by atoms with E-state index in [4.69, 9.17) is 16.3 Å². The number of carbonyl (C=O) groups is 3. The summed E-state index contributed by atoms with van der Waals surface area (Å²) in [6, 6.07) is 16.3. The van der Waals surface area contributed by atoms with Gasteiger partial charge in [0.2, 0.25) is 11.8 Å². The zero-order chi connectivity index (χ0) is 24.5. The van der Waals surface area contributed by atoms with Gasteiger partial charge in [-0.1, -0.05) is 66.2 Å². The van der Waals surface area contributed by atoms with E-state index < -0.39 is 18.1 Å². The normalized spacial score (nSPS) is 21.9. The molecule has 0 saturated heterocycles. The van der Waals surface area contributed by atoms with Gasteiger partial charge in [-0.05, 0) is 43.0 Å². The van der Waals surface area contributed by atoms with Crippen LogP contribution >= 0.6 is 11.6 Å². The third kappa shape index (κ3) is 7.19. The van der Waals surface area contributed by atoms with E-state index >= 15 is 0 Å². The molecule has 0 bridgehead atoms. The molecule has 3 atom stereocenters. The minimum Gasteiger partial charge on any atom is -0.455 e. The number of hydrogen-bond donors (Lipinski definition) is 1. The zero-order valence-electron chi connectivity index (χ0n) is 19.6. The van der Waals surface area contributed by atoms with Crippen molar-refractivity contribution in [2.75, 3.05) is 7.05 Å². The number of benzene rings is 2. The van der Waals surface area contributed by atoms with Crippen molar-refractivity contribution in [3.8, 4) is 0 Å². The molecular formula is C27H31ClN2O4. The fourth-order valence-electron chi connectivity index (χ4n) is 3.93. The highest BCUT2D eigenvalue weighted by Crippen LogP contribution is 2.28. The van der Waals surface area contributed by atoms with Crippen LogP contribution in [0.4, 0.5) is 0 Å². The topological polar surface area (TPSA) is 75.7 Å². The number of amides is 2. The second-order valence-electron chi connectivity index (χ2n) is 8.56. The summed E-state index contributed by atoms with van der Waals surface area (Å²) in [6.45, 7) is 2.23. The number of likely N-dealkylation sites (N-methyl/N-ethyl adjacent to an activating group) is 1. The van der Waals surface area contributed by atoms with Crippen LogP contribution in [0, 0.1) is 5.92 Å². The molecule has 0 fully saturated rings. The molecule has 1 N–H and O–H groups in total. The average Bonchev–Trinajstić information content (AvgIpc) is 2.84. The number of hydrogen-bond acceptors (Lipinski definition) is 4. The number of ether oxygens (including phenoxy) is 1. The number of rotatable bonds is 5. The van der Waals surface area contributed by atoms with Crippen molar-refractivity contribution in [2.45, 2.75) is 51.3 Å². The van der Waals surface area contributed by atoms with E-state index in [1.807, 2.05) is 61.5 Å². The Morgan fingerprint density at radius 3 is 2.50 bits per heavy atom. The summed E-state index contributed by atoms with van der Waals surface area (Å²) in [5, 5.41) is 3.53. The second-order valence-corrected chi connectivity index (χ2v) is 9.00. The Hall–Kier alpha value is -3.12. The molecule has 0 aliphatic carbocycles. The molecular weight excluding hydrogens is 452 g/mol. The number of halogens is 1. The van der Waals surface area contributed by atoms with Crippen LogP contribution in [0.2, 0.25) is 5.02 Å². The molecule has 7 heteroatoms. The quantitative estimate of drug-likeness (QED) is 0.489. The summed E-state index contributed by atoms with van der Waals surface area (Å²) in [7, 11) is 1.70. The summed E-state index contributed by atoms with van der Waals surface area (Å²) in [5.41, 5.74) is 1.76. The zero-order valence-corrected chi connectivity index (χ0v) is 20.3. The van der Waals surface area contributed by atoms with E-state index in [1.54, 1.807) is 24.1 Å². The first-order chi connectivity index (χ1) is 16.3. The van der Waals surface area contributed by atoms with Crippen molar-refractivity contribution in [3.05, 3.63) is 82.9 Å². The van der Waals surface area contributed by atoms with Crippen LogP contribution in [0.15, 0.2) is 66.7 Å². The van der Waals surface area contributed by atoms with Gasteiger partial charge in [0.15, 0.2) is 0 Å². The molecule has 2 aromatic rings. The SMILES string of the molecule is C[C@@H]1[C@@H](c2ccccc2)OC(=O)CCC=CC[C@@H](CC(=O)NCc2ccc(Cl)cc2)C(=O)N1C. The lowest BCUT2D eigenvalue weighted by Crippen LogP contribution is -2.44. The van der Waals surface area contributed by atoms with Gasteiger partial charge < -0.3 is 15.0 Å². The van der Waals surface area contributed by atoms with Gasteiger partial charge in [0.1, 0.15) is 6.10 Å². The summed E-state index contributed by atoms with van der Waals surface area (Å²) in [5.74, 6) is -1.16. The van der Waals surface area contributed by atoms with E-state index in [-0.39, 0.29) is 30.6 Å². The van der Waals surface area contributed by atoms with Crippen LogP contribution in [0.25, 0.3) is 0 Å². The molecule has 0 unspecified atom stereocenters. The Labute approximate surface area is 205 Å². The molecule has 180 valence electrons. The number of carbonyl (C=O) groups excluding carboxylic acids is 3. The maximum absolute atomic E-state index is 13.4. The third-order valence-electron chi connectivity index (χ3n) is 6.07. The highest BCUT2D eigenvalue weighted by atomic mass is 35.5. The fraction of sp³-hybridized carbons (Fsp3) is 0.370. The standard InChI is InChI=1S/C27H31ClN2O4/c1-19-26(21-9-5-3-6-10-21)34-25(32)12-8-4-7-11-22(27(33)30(19)2)17-24(31)29-18-20-13-15-23(28)16-14-20/h3-7,9-10,13-16,19,22,26H,8,11-12,17-18H2,1-2H3,(H,29,31)/t19-,22+,26+/m1/s1. The maximum Gasteiger partial charge on any atom is 0.306 e. The highest BCUT2D eigenvalue weighted by Gasteiger charge is 2.33. The number of cyclic esters (lactones) is 1. The van der Waals surface area contributed by atoms with E-state index in [1.165, 1.54) is 0 Å². The van der Waals surface area contributed by atoms with Gasteiger partial charge in [-0.25, -0.2) is 0 Å². The van der Waals surface area contributed by atoms with Crippen molar-refractivity contribution < 1.29 is 19.1 Å². The third-order valence-corrected chi connectivity index (χ3v) is 6.32. The van der Waals surface area contributed by atoms with Crippen molar-refractivity contribution in [1.82, 2.24) is 10.2 Å². The largest absolute Gasteiger partial charge is 0.455 e. The number of nitrogens with zero attached hydrogens (tertiary/aromatic N) is 1. The molecule has 34 heavy (non-hydrogen) atoms. The molecule has 2 aromatic carbocycles. The lowest BCUT2D eigenvalue weighted by Gasteiger charge is -2.34. The first-order valence-corrected chi connectivity index (χ1v) is 11.9. The Morgan fingerprint density at radius 1 is 1.09 bits per heavy atom. The van der Waals surface area contributed by atoms with Gasteiger partial charge in [0.05, 0.1) is 12.0 Å². The highest BCUT2D eigenvalue weighted by molar-refractivity contribution is 6.30. The number of allylic oxidation sites excluding steroid dienone is 2. The molecule has 1 aliphatic rings. The Morgan fingerprint density at radius 2 is 1.79 bits per heavy atom. The summed E-state index contributed by atoms with van der Waals surface area (Å²) >= 11 is 5.91. The lowest BCUT2D eigenvalue weighted by atomic mass is 9.95. The van der Waals surface area contributed by atoms with Gasteiger partial charge in [-0.2, -0.15) is 0 Å². The van der Waals surface area contributed by atoms with Gasteiger partial charge in [0.25, 0.3) is 0 Å². The molecule has 2 amide bonds. The molecule has 0 radical (unpaired) electrons. The van der Waals surface area contributed by atoms with E-state index in [2.05, 4.69) is 5.32 Å². The molecule has 1 aliphatic heterocycles. The Bertz CT molecular complexity index is 1010. The molecule has 0 saturated carbocycles. The van der Waals surface area contributed by atoms with Crippen LogP contribution in [-0.4, -0.2) is 35.8 Å². The summed E-state index contributed by atoms with van der Waals surface area (Å²) in [4.78, 5) is 40.1. The Kier molecular flexibility index (Phi) is 9.28. The molecule has 1 heterocycles. The average molecular weight is 483 g/mol. The second kappa shape index (κ2) is 12.4. The van der Waals surface area contributed by atoms with Crippen LogP contribution in [0.3, 0.4) is 0 Å². The smallest absolute Gasteiger partial charge is 0.306 e. The summed E-state index contributed by atoms with van der Waals surface area (Å²) < 4.78 is 5.80. The van der Waals surface area contributed by atoms with Gasteiger partial charge >= 0.3 is 5.97 Å². The first-order valence-electron chi connectivity index (χ1n) is 11.5. The van der Waals surface area contributed by atoms with Gasteiger partial charge in [-0.15, -0.1) is 0 Å². The van der Waals surface area contributed by atoms with E-state index in [0.717, 1.165) is 11.1 Å². The molecule has 0 spiro atoms. The molecule has 3 rings (SSSR count). The minimum absolute atomic E-state index is 0.0730. The van der Waals surface area contributed by atoms with E-state index in [0.29, 0.717) is 24.4 Å². The molecule has 6 nitrogen and oxygen atoms in total. The van der Waals surface area contributed by atoms with Gasteiger partial charge in [0, 0.05) is 31.5 Å². The monoisotopic (exact) mass is 482 g/mol. The Balaban J connectivity index is 1.74. The van der Waals surface area contributed by atoms with Crippen LogP contribution in [-0.2, 0) is 25.7 Å². The van der Waals surface area contributed by atoms with Crippen LogP contribution < -0.4 is 5.32 Å². The van der Waals surface area contributed by atoms with Crippen molar-refractivity contribution >= 4 is 29.4 Å². The van der Waals surface area contributed by atoms with Crippen molar-refractivity contribution in [2.24, 2.45) is 5.92 Å². The molecule has 0 aromatic heterocycles. The predicted octanol–water partition coefficient (Wildman–Crippen LogP) is 4.83. The van der Waals surface area contributed by atoms with Crippen molar-refractivity contribution in [1.29, 1.82) is 0 Å². The number of nitrogens with one attached hydrogen (secondary N) is 1. The van der Waals surface area contributed by atoms with Crippen molar-refractivity contribution in [3.63, 3.8) is 0 Å². The lowest BCUT2D eigenvalue weighted by molar-refractivity contribution is -0.156. The van der Waals surface area contributed by atoms with Crippen LogP contribution in [0.5, 0.6) is 0 Å². The first kappa shape index (κ1) is 25.5. The fourth-order valence-corrected chi connectivity index (χ4v) is 4.06. The minimum atomic E-state index is -0.592.